The van der Waals surface area contributed by atoms with E-state index in [9.17, 15) is 14.0 Å². The van der Waals surface area contributed by atoms with Gasteiger partial charge in [-0.15, -0.1) is 0 Å². The highest BCUT2D eigenvalue weighted by molar-refractivity contribution is 5.85. The molecule has 110 valence electrons. The van der Waals surface area contributed by atoms with Gasteiger partial charge < -0.3 is 9.53 Å². The summed E-state index contributed by atoms with van der Waals surface area (Å²) in [5.74, 6) is -0.579. The number of aldehydes is 1. The van der Waals surface area contributed by atoms with Gasteiger partial charge in [-0.2, -0.15) is 0 Å². The molecule has 0 aliphatic rings. The fourth-order valence-corrected chi connectivity index (χ4v) is 1.64. The van der Waals surface area contributed by atoms with Crippen LogP contribution >= 0.6 is 0 Å². The Morgan fingerprint density at radius 1 is 1.45 bits per heavy atom. The van der Waals surface area contributed by atoms with Gasteiger partial charge in [-0.25, -0.2) is 9.18 Å². The van der Waals surface area contributed by atoms with Gasteiger partial charge in [-0.3, -0.25) is 5.32 Å². The summed E-state index contributed by atoms with van der Waals surface area (Å²) in [6, 6.07) is 4.39. The summed E-state index contributed by atoms with van der Waals surface area (Å²) in [6.45, 7) is 7.04. The van der Waals surface area contributed by atoms with Crippen LogP contribution in [0.1, 0.15) is 45.6 Å². The van der Waals surface area contributed by atoms with E-state index < -0.39 is 17.5 Å². The third-order valence-electron chi connectivity index (χ3n) is 2.64. The van der Waals surface area contributed by atoms with Gasteiger partial charge >= 0.3 is 6.09 Å². The maximum Gasteiger partial charge on any atom is 0.412 e. The van der Waals surface area contributed by atoms with Gasteiger partial charge in [0.1, 0.15) is 17.7 Å². The Balaban J connectivity index is 2.86. The number of ether oxygens (including phenoxy) is 1. The van der Waals surface area contributed by atoms with Crippen LogP contribution in [0.2, 0.25) is 0 Å². The van der Waals surface area contributed by atoms with Crippen LogP contribution in [-0.2, 0) is 9.53 Å². The van der Waals surface area contributed by atoms with E-state index in [-0.39, 0.29) is 11.6 Å². The number of rotatable bonds is 4. The SMILES string of the molecule is CC(CC=O)c1ccc(F)c(NC(=O)OC(C)(C)C)c1. The summed E-state index contributed by atoms with van der Waals surface area (Å²) in [7, 11) is 0. The Labute approximate surface area is 118 Å². The lowest BCUT2D eigenvalue weighted by atomic mass is 9.98. The first kappa shape index (κ1) is 16.1. The summed E-state index contributed by atoms with van der Waals surface area (Å²) < 4.78 is 18.7. The van der Waals surface area contributed by atoms with E-state index in [4.69, 9.17) is 4.74 Å². The molecule has 1 atom stereocenters. The number of anilines is 1. The van der Waals surface area contributed by atoms with Crippen molar-refractivity contribution in [2.45, 2.75) is 45.6 Å². The van der Waals surface area contributed by atoms with Crippen LogP contribution in [-0.4, -0.2) is 18.0 Å². The Hall–Kier alpha value is -1.91. The quantitative estimate of drug-likeness (QED) is 0.852. The van der Waals surface area contributed by atoms with E-state index in [0.717, 1.165) is 11.8 Å². The van der Waals surface area contributed by atoms with Crippen molar-refractivity contribution >= 4 is 18.1 Å². The van der Waals surface area contributed by atoms with Crippen LogP contribution in [0, 0.1) is 5.82 Å². The fraction of sp³-hybridized carbons (Fsp3) is 0.467. The van der Waals surface area contributed by atoms with Gasteiger partial charge in [0.2, 0.25) is 0 Å². The molecule has 0 saturated carbocycles. The molecule has 0 aliphatic heterocycles. The Bertz CT molecular complexity index is 494. The average molecular weight is 281 g/mol. The van der Waals surface area contributed by atoms with Gasteiger partial charge in [-0.1, -0.05) is 13.0 Å². The zero-order valence-corrected chi connectivity index (χ0v) is 12.2. The van der Waals surface area contributed by atoms with Gasteiger partial charge in [0, 0.05) is 6.42 Å². The van der Waals surface area contributed by atoms with Gasteiger partial charge in [-0.05, 0) is 44.4 Å². The lowest BCUT2D eigenvalue weighted by Gasteiger charge is -2.20. The van der Waals surface area contributed by atoms with E-state index in [2.05, 4.69) is 5.32 Å². The lowest BCUT2D eigenvalue weighted by Crippen LogP contribution is -2.27. The van der Waals surface area contributed by atoms with Gasteiger partial charge in [0.05, 0.1) is 5.69 Å². The van der Waals surface area contributed by atoms with Crippen LogP contribution in [0.5, 0.6) is 0 Å². The second kappa shape index (κ2) is 6.50. The number of amides is 1. The number of carbonyl (C=O) groups excluding carboxylic acids is 2. The van der Waals surface area contributed by atoms with E-state index in [0.29, 0.717) is 6.42 Å². The standard InChI is InChI=1S/C15H20FNO3/c1-10(7-8-18)11-5-6-12(16)13(9-11)17-14(19)20-15(2,3)4/h5-6,8-10H,7H2,1-4H3,(H,17,19). The number of hydrogen-bond donors (Lipinski definition) is 1. The predicted octanol–water partition coefficient (Wildman–Crippen LogP) is 3.87. The molecular weight excluding hydrogens is 261 g/mol. The maximum atomic E-state index is 13.7. The topological polar surface area (TPSA) is 55.4 Å². The van der Waals surface area contributed by atoms with Crippen molar-refractivity contribution in [3.05, 3.63) is 29.6 Å². The van der Waals surface area contributed by atoms with Gasteiger partial charge in [0.25, 0.3) is 0 Å². The molecule has 1 aromatic rings. The van der Waals surface area contributed by atoms with E-state index in [1.54, 1.807) is 26.8 Å². The Kier molecular flexibility index (Phi) is 5.25. The van der Waals surface area contributed by atoms with Crippen molar-refractivity contribution in [3.63, 3.8) is 0 Å². The van der Waals surface area contributed by atoms with E-state index in [1.807, 2.05) is 6.92 Å². The molecule has 0 saturated heterocycles. The Morgan fingerprint density at radius 2 is 2.10 bits per heavy atom. The van der Waals surface area contributed by atoms with Crippen LogP contribution < -0.4 is 5.32 Å². The highest BCUT2D eigenvalue weighted by atomic mass is 19.1. The molecule has 0 spiro atoms. The molecule has 1 unspecified atom stereocenters. The first-order chi connectivity index (χ1) is 9.23. The van der Waals surface area contributed by atoms with E-state index >= 15 is 0 Å². The molecule has 1 aromatic carbocycles. The van der Waals surface area contributed by atoms with E-state index in [1.165, 1.54) is 12.1 Å². The number of carbonyl (C=O) groups is 2. The molecule has 0 fully saturated rings. The fourth-order valence-electron chi connectivity index (χ4n) is 1.64. The van der Waals surface area contributed by atoms with Crippen molar-refractivity contribution in [3.8, 4) is 0 Å². The molecule has 0 radical (unpaired) electrons. The molecule has 1 amide bonds. The second-order valence-electron chi connectivity index (χ2n) is 5.67. The van der Waals surface area contributed by atoms with Crippen LogP contribution in [0.4, 0.5) is 14.9 Å². The minimum absolute atomic E-state index is 0.0349. The number of hydrogen-bond acceptors (Lipinski definition) is 3. The normalized spacial score (nSPS) is 12.7. The highest BCUT2D eigenvalue weighted by Crippen LogP contribution is 2.24. The summed E-state index contributed by atoms with van der Waals surface area (Å²) >= 11 is 0. The number of benzene rings is 1. The zero-order chi connectivity index (χ0) is 15.3. The summed E-state index contributed by atoms with van der Waals surface area (Å²) in [5.41, 5.74) is 0.183. The molecule has 4 nitrogen and oxygen atoms in total. The monoisotopic (exact) mass is 281 g/mol. The van der Waals surface area contributed by atoms with Crippen LogP contribution in [0.25, 0.3) is 0 Å². The first-order valence-electron chi connectivity index (χ1n) is 6.46. The smallest absolute Gasteiger partial charge is 0.412 e. The first-order valence-corrected chi connectivity index (χ1v) is 6.46. The highest BCUT2D eigenvalue weighted by Gasteiger charge is 2.18. The minimum atomic E-state index is -0.711. The van der Waals surface area contributed by atoms with Crippen molar-refractivity contribution < 1.29 is 18.7 Å². The number of halogens is 1. The van der Waals surface area contributed by atoms with Crippen molar-refractivity contribution in [2.24, 2.45) is 0 Å². The van der Waals surface area contributed by atoms with Crippen LogP contribution in [0.3, 0.4) is 0 Å². The molecule has 20 heavy (non-hydrogen) atoms. The molecule has 1 rings (SSSR count). The third kappa shape index (κ3) is 4.99. The zero-order valence-electron chi connectivity index (χ0n) is 12.2. The number of nitrogens with one attached hydrogen (secondary N) is 1. The molecule has 5 heteroatoms. The predicted molar refractivity (Wildman–Crippen MR) is 75.4 cm³/mol. The largest absolute Gasteiger partial charge is 0.444 e. The molecule has 0 aromatic heterocycles. The molecule has 0 aliphatic carbocycles. The van der Waals surface area contributed by atoms with Gasteiger partial charge in [0.15, 0.2) is 0 Å². The van der Waals surface area contributed by atoms with Crippen molar-refractivity contribution in [1.82, 2.24) is 0 Å². The molecule has 1 N–H and O–H groups in total. The maximum absolute atomic E-state index is 13.7. The third-order valence-corrected chi connectivity index (χ3v) is 2.64. The van der Waals surface area contributed by atoms with Crippen LogP contribution in [0.15, 0.2) is 18.2 Å². The average Bonchev–Trinajstić information content (AvgIpc) is 2.29. The summed E-state index contributed by atoms with van der Waals surface area (Å²) in [5, 5.41) is 2.38. The van der Waals surface area contributed by atoms with Crippen molar-refractivity contribution in [2.75, 3.05) is 5.32 Å². The lowest BCUT2D eigenvalue weighted by molar-refractivity contribution is -0.108. The summed E-state index contributed by atoms with van der Waals surface area (Å²) in [4.78, 5) is 22.1. The van der Waals surface area contributed by atoms with Crippen molar-refractivity contribution in [1.29, 1.82) is 0 Å². The minimum Gasteiger partial charge on any atom is -0.444 e. The molecule has 0 heterocycles. The second-order valence-corrected chi connectivity index (χ2v) is 5.67. The summed E-state index contributed by atoms with van der Waals surface area (Å²) in [6.07, 6.45) is 0.448. The Morgan fingerprint density at radius 3 is 2.65 bits per heavy atom. The molecular formula is C15H20FNO3. The molecule has 0 bridgehead atoms.